The molecule has 0 aliphatic heterocycles. The minimum absolute atomic E-state index is 0.294. The number of benzene rings is 2. The molecule has 0 aliphatic carbocycles. The molecule has 0 atom stereocenters. The molecule has 0 aromatic heterocycles. The first-order valence-electron chi connectivity index (χ1n) is 7.48. The van der Waals surface area contributed by atoms with E-state index in [2.05, 4.69) is 5.43 Å². The Kier molecular flexibility index (Phi) is 7.26. The van der Waals surface area contributed by atoms with Gasteiger partial charge in [-0.3, -0.25) is 20.3 Å². The monoisotopic (exact) mass is 377 g/mol. The van der Waals surface area contributed by atoms with Gasteiger partial charge in [-0.2, -0.15) is 0 Å². The van der Waals surface area contributed by atoms with Gasteiger partial charge in [-0.15, -0.1) is 0 Å². The number of urea groups is 1. The molecule has 0 saturated carbocycles. The number of hydrogen-bond acceptors (Lipinski definition) is 5. The maximum Gasteiger partial charge on any atom is 0.340 e. The zero-order valence-electron chi connectivity index (χ0n) is 13.5. The zero-order valence-corrected chi connectivity index (χ0v) is 14.3. The molecule has 0 heterocycles. The Morgan fingerprint density at radius 1 is 0.769 bits per heavy atom. The van der Waals surface area contributed by atoms with Crippen molar-refractivity contribution >= 4 is 29.4 Å². The van der Waals surface area contributed by atoms with E-state index in [1.165, 1.54) is 0 Å². The van der Waals surface area contributed by atoms with E-state index in [1.807, 2.05) is 16.8 Å². The predicted octanol–water partition coefficient (Wildman–Crippen LogP) is 1.65. The van der Waals surface area contributed by atoms with Crippen LogP contribution in [0.5, 0.6) is 11.5 Å². The molecular weight excluding hydrogens is 362 g/mol. The highest BCUT2D eigenvalue weighted by atomic mass is 35.5. The van der Waals surface area contributed by atoms with Crippen LogP contribution in [0, 0.1) is 0 Å². The number of para-hydroxylation sites is 1. The van der Waals surface area contributed by atoms with Crippen molar-refractivity contribution in [1.82, 2.24) is 16.2 Å². The number of halogens is 1. The summed E-state index contributed by atoms with van der Waals surface area (Å²) in [7, 11) is 0. The quantitative estimate of drug-likeness (QED) is 0.664. The topological polar surface area (TPSA) is 106 Å². The van der Waals surface area contributed by atoms with Gasteiger partial charge in [0.2, 0.25) is 0 Å². The normalized spacial score (nSPS) is 9.73. The number of hydrogen-bond donors (Lipinski definition) is 3. The summed E-state index contributed by atoms with van der Waals surface area (Å²) in [4.78, 5) is 34.7. The standard InChI is InChI=1S/C17H16ClN3O5/c18-12-6-8-14(9-7-12)25-10-15(22)19-17(24)21-20-16(23)11-26-13-4-2-1-3-5-13/h1-9H,10-11H2,(H,20,23)(H2,19,21,22,24). The largest absolute Gasteiger partial charge is 0.484 e. The molecule has 4 amide bonds. The molecule has 3 N–H and O–H groups in total. The van der Waals surface area contributed by atoms with Gasteiger partial charge in [-0.05, 0) is 36.4 Å². The van der Waals surface area contributed by atoms with E-state index in [9.17, 15) is 14.4 Å². The second kappa shape index (κ2) is 9.90. The van der Waals surface area contributed by atoms with E-state index in [0.29, 0.717) is 16.5 Å². The fourth-order valence-corrected chi connectivity index (χ4v) is 1.83. The summed E-state index contributed by atoms with van der Waals surface area (Å²) in [6.45, 7) is -0.669. The Bertz CT molecular complexity index is 753. The van der Waals surface area contributed by atoms with Crippen molar-refractivity contribution in [2.75, 3.05) is 13.2 Å². The van der Waals surface area contributed by atoms with E-state index in [0.717, 1.165) is 0 Å². The third-order valence-corrected chi connectivity index (χ3v) is 3.12. The van der Waals surface area contributed by atoms with Gasteiger partial charge in [0.05, 0.1) is 0 Å². The Balaban J connectivity index is 1.62. The highest BCUT2D eigenvalue weighted by molar-refractivity contribution is 6.30. The van der Waals surface area contributed by atoms with Crippen molar-refractivity contribution in [2.45, 2.75) is 0 Å². The number of rotatable bonds is 6. The lowest BCUT2D eigenvalue weighted by molar-refractivity contribution is -0.124. The van der Waals surface area contributed by atoms with Gasteiger partial charge in [0, 0.05) is 5.02 Å². The molecule has 0 saturated heterocycles. The summed E-state index contributed by atoms with van der Waals surface area (Å²) >= 11 is 5.73. The molecule has 26 heavy (non-hydrogen) atoms. The fourth-order valence-electron chi connectivity index (χ4n) is 1.70. The van der Waals surface area contributed by atoms with Gasteiger partial charge in [0.25, 0.3) is 11.8 Å². The lowest BCUT2D eigenvalue weighted by Gasteiger charge is -2.10. The summed E-state index contributed by atoms with van der Waals surface area (Å²) in [6.07, 6.45) is 0. The van der Waals surface area contributed by atoms with Gasteiger partial charge in [0.1, 0.15) is 11.5 Å². The summed E-state index contributed by atoms with van der Waals surface area (Å²) in [6, 6.07) is 14.2. The van der Waals surface area contributed by atoms with Crippen LogP contribution in [0.4, 0.5) is 4.79 Å². The van der Waals surface area contributed by atoms with Crippen molar-refractivity contribution in [3.8, 4) is 11.5 Å². The molecule has 8 nitrogen and oxygen atoms in total. The summed E-state index contributed by atoms with van der Waals surface area (Å²) in [5, 5.41) is 2.53. The van der Waals surface area contributed by atoms with E-state index in [4.69, 9.17) is 21.1 Å². The Morgan fingerprint density at radius 3 is 2.00 bits per heavy atom. The predicted molar refractivity (Wildman–Crippen MR) is 93.7 cm³/mol. The molecule has 0 aliphatic rings. The lowest BCUT2D eigenvalue weighted by Crippen LogP contribution is -2.50. The minimum Gasteiger partial charge on any atom is -0.484 e. The Hall–Kier alpha value is -3.26. The summed E-state index contributed by atoms with van der Waals surface area (Å²) in [5.41, 5.74) is 4.14. The van der Waals surface area contributed by atoms with Crippen LogP contribution in [0.25, 0.3) is 0 Å². The second-order valence-electron chi connectivity index (χ2n) is 4.89. The fraction of sp³-hybridized carbons (Fsp3) is 0.118. The lowest BCUT2D eigenvalue weighted by atomic mass is 10.3. The van der Waals surface area contributed by atoms with E-state index in [1.54, 1.807) is 48.5 Å². The van der Waals surface area contributed by atoms with Crippen LogP contribution in [0.3, 0.4) is 0 Å². The number of carbonyl (C=O) groups is 3. The molecule has 9 heteroatoms. The molecule has 0 fully saturated rings. The smallest absolute Gasteiger partial charge is 0.340 e. The number of carbonyl (C=O) groups excluding carboxylic acids is 3. The van der Waals surface area contributed by atoms with Crippen LogP contribution in [-0.4, -0.2) is 31.1 Å². The highest BCUT2D eigenvalue weighted by Gasteiger charge is 2.10. The zero-order chi connectivity index (χ0) is 18.8. The van der Waals surface area contributed by atoms with Crippen molar-refractivity contribution in [3.05, 3.63) is 59.6 Å². The van der Waals surface area contributed by atoms with Crippen LogP contribution in [0.2, 0.25) is 5.02 Å². The van der Waals surface area contributed by atoms with Gasteiger partial charge >= 0.3 is 6.03 Å². The van der Waals surface area contributed by atoms with Crippen LogP contribution in [0.1, 0.15) is 0 Å². The first-order chi connectivity index (χ1) is 12.5. The van der Waals surface area contributed by atoms with E-state index >= 15 is 0 Å². The first-order valence-corrected chi connectivity index (χ1v) is 7.85. The summed E-state index contributed by atoms with van der Waals surface area (Å²) in [5.74, 6) is -0.334. The van der Waals surface area contributed by atoms with Crippen molar-refractivity contribution < 1.29 is 23.9 Å². The minimum atomic E-state index is -0.900. The molecule has 136 valence electrons. The van der Waals surface area contributed by atoms with E-state index < -0.39 is 17.8 Å². The molecule has 2 aromatic carbocycles. The maximum absolute atomic E-state index is 11.6. The summed E-state index contributed by atoms with van der Waals surface area (Å²) < 4.78 is 10.4. The van der Waals surface area contributed by atoms with Crippen molar-refractivity contribution in [2.24, 2.45) is 0 Å². The second-order valence-corrected chi connectivity index (χ2v) is 5.33. The van der Waals surface area contributed by atoms with Gasteiger partial charge in [-0.25, -0.2) is 10.2 Å². The number of amides is 4. The number of nitrogens with one attached hydrogen (secondary N) is 3. The third-order valence-electron chi connectivity index (χ3n) is 2.87. The number of hydrazine groups is 1. The maximum atomic E-state index is 11.6. The first kappa shape index (κ1) is 19.1. The molecule has 0 bridgehead atoms. The van der Waals surface area contributed by atoms with Gasteiger partial charge in [-0.1, -0.05) is 29.8 Å². The van der Waals surface area contributed by atoms with E-state index in [-0.39, 0.29) is 13.2 Å². The molecule has 2 aromatic rings. The van der Waals surface area contributed by atoms with Gasteiger partial charge in [0.15, 0.2) is 13.2 Å². The average molecular weight is 378 g/mol. The number of ether oxygens (including phenoxy) is 2. The number of imide groups is 1. The van der Waals surface area contributed by atoms with Crippen LogP contribution >= 0.6 is 11.6 Å². The van der Waals surface area contributed by atoms with Crippen molar-refractivity contribution in [1.29, 1.82) is 0 Å². The molecule has 0 spiro atoms. The molecular formula is C17H16ClN3O5. The van der Waals surface area contributed by atoms with Crippen LogP contribution < -0.4 is 25.6 Å². The molecule has 0 unspecified atom stereocenters. The molecule has 0 radical (unpaired) electrons. The SMILES string of the molecule is O=C(COc1ccccc1)NNC(=O)NC(=O)COc1ccc(Cl)cc1. The third kappa shape index (κ3) is 7.10. The average Bonchev–Trinajstić information content (AvgIpc) is 2.65. The van der Waals surface area contributed by atoms with Crippen molar-refractivity contribution in [3.63, 3.8) is 0 Å². The van der Waals surface area contributed by atoms with Crippen LogP contribution in [0.15, 0.2) is 54.6 Å². The highest BCUT2D eigenvalue weighted by Crippen LogP contribution is 2.15. The van der Waals surface area contributed by atoms with Gasteiger partial charge < -0.3 is 9.47 Å². The Morgan fingerprint density at radius 2 is 1.35 bits per heavy atom. The Labute approximate surface area is 154 Å². The van der Waals surface area contributed by atoms with Crippen LogP contribution in [-0.2, 0) is 9.59 Å². The molecule has 2 rings (SSSR count).